The molecule has 2 fully saturated rings. The molecule has 0 radical (unpaired) electrons. The molecule has 2 aliphatic heterocycles. The first kappa shape index (κ1) is 21.3. The molecule has 2 aliphatic rings. The smallest absolute Gasteiger partial charge is 0.255 e. The summed E-state index contributed by atoms with van der Waals surface area (Å²) in [7, 11) is 1.66. The number of methoxy groups -OCH3 is 1. The Morgan fingerprint density at radius 2 is 2.00 bits per heavy atom. The highest BCUT2D eigenvalue weighted by Gasteiger charge is 2.49. The molecule has 2 atom stereocenters. The van der Waals surface area contributed by atoms with Crippen molar-refractivity contribution < 1.29 is 14.3 Å². The van der Waals surface area contributed by atoms with Crippen molar-refractivity contribution in [3.05, 3.63) is 59.4 Å². The van der Waals surface area contributed by atoms with Gasteiger partial charge in [0, 0.05) is 32.4 Å². The molecule has 2 amide bonds. The molecule has 164 valence electrons. The van der Waals surface area contributed by atoms with Crippen LogP contribution in [0.2, 0.25) is 0 Å². The highest BCUT2D eigenvalue weighted by Crippen LogP contribution is 2.39. The summed E-state index contributed by atoms with van der Waals surface area (Å²) in [6, 6.07) is 9.94. The van der Waals surface area contributed by atoms with Gasteiger partial charge < -0.3 is 14.5 Å². The van der Waals surface area contributed by atoms with Crippen LogP contribution in [0.3, 0.4) is 0 Å². The lowest BCUT2D eigenvalue weighted by Gasteiger charge is -2.56. The van der Waals surface area contributed by atoms with Crippen molar-refractivity contribution in [1.82, 2.24) is 14.8 Å². The molecular formula is C25H31N3O3. The molecule has 6 heteroatoms. The maximum Gasteiger partial charge on any atom is 0.255 e. The van der Waals surface area contributed by atoms with Crippen LogP contribution >= 0.6 is 0 Å². The van der Waals surface area contributed by atoms with E-state index in [-0.39, 0.29) is 23.4 Å². The lowest BCUT2D eigenvalue weighted by atomic mass is 9.76. The molecule has 2 saturated heterocycles. The Labute approximate surface area is 184 Å². The number of ether oxygens (including phenoxy) is 1. The summed E-state index contributed by atoms with van der Waals surface area (Å²) in [5.41, 5.74) is 2.43. The Morgan fingerprint density at radius 3 is 2.77 bits per heavy atom. The van der Waals surface area contributed by atoms with Crippen molar-refractivity contribution in [3.8, 4) is 5.75 Å². The van der Waals surface area contributed by atoms with Gasteiger partial charge in [-0.05, 0) is 68.4 Å². The number of amides is 2. The summed E-state index contributed by atoms with van der Waals surface area (Å²) in [5.74, 6) is 0.933. The second-order valence-electron chi connectivity index (χ2n) is 8.90. The van der Waals surface area contributed by atoms with Crippen molar-refractivity contribution in [2.45, 2.75) is 57.5 Å². The lowest BCUT2D eigenvalue weighted by molar-refractivity contribution is -0.143. The summed E-state index contributed by atoms with van der Waals surface area (Å²) < 4.78 is 5.31. The predicted molar refractivity (Wildman–Crippen MR) is 119 cm³/mol. The quantitative estimate of drug-likeness (QED) is 0.755. The van der Waals surface area contributed by atoms with Crippen molar-refractivity contribution in [1.29, 1.82) is 0 Å². The van der Waals surface area contributed by atoms with Crippen molar-refractivity contribution >= 4 is 11.8 Å². The molecule has 0 N–H and O–H groups in total. The molecule has 4 rings (SSSR count). The maximum absolute atomic E-state index is 13.5. The average molecular weight is 422 g/mol. The van der Waals surface area contributed by atoms with E-state index >= 15 is 0 Å². The van der Waals surface area contributed by atoms with Gasteiger partial charge >= 0.3 is 0 Å². The number of hydrogen-bond acceptors (Lipinski definition) is 4. The Balaban J connectivity index is 1.56. The zero-order valence-corrected chi connectivity index (χ0v) is 18.6. The number of fused-ring (bicyclic) bond motifs is 1. The van der Waals surface area contributed by atoms with E-state index in [2.05, 4.69) is 11.9 Å². The summed E-state index contributed by atoms with van der Waals surface area (Å²) in [6.45, 7) is 5.29. The molecule has 0 aliphatic carbocycles. The van der Waals surface area contributed by atoms with E-state index in [9.17, 15) is 9.59 Å². The molecule has 0 unspecified atom stereocenters. The Kier molecular flexibility index (Phi) is 5.99. The molecule has 0 bridgehead atoms. The lowest BCUT2D eigenvalue weighted by Crippen LogP contribution is -2.67. The third kappa shape index (κ3) is 4.16. The van der Waals surface area contributed by atoms with Crippen LogP contribution in [-0.4, -0.2) is 58.4 Å². The SMILES string of the molecule is COc1cccc(Cc2cncc(C(=O)N3CCC[C@@]4(C)[C@@H]3CCCN4C(C)=O)c2)c1. The number of carbonyl (C=O) groups excluding carboxylic acids is 2. The van der Waals surface area contributed by atoms with Crippen LogP contribution in [0.4, 0.5) is 0 Å². The fraction of sp³-hybridized carbons (Fsp3) is 0.480. The molecule has 31 heavy (non-hydrogen) atoms. The summed E-state index contributed by atoms with van der Waals surface area (Å²) in [6.07, 6.45) is 7.86. The number of aromatic nitrogens is 1. The monoisotopic (exact) mass is 421 g/mol. The van der Waals surface area contributed by atoms with Crippen molar-refractivity contribution in [2.24, 2.45) is 0 Å². The zero-order valence-electron chi connectivity index (χ0n) is 18.6. The van der Waals surface area contributed by atoms with Crippen LogP contribution in [0.1, 0.15) is 61.0 Å². The normalized spacial score (nSPS) is 23.3. The summed E-state index contributed by atoms with van der Waals surface area (Å²) >= 11 is 0. The fourth-order valence-electron chi connectivity index (χ4n) is 5.39. The highest BCUT2D eigenvalue weighted by atomic mass is 16.5. The number of nitrogens with zero attached hydrogens (tertiary/aromatic N) is 3. The van der Waals surface area contributed by atoms with Gasteiger partial charge in [0.2, 0.25) is 5.91 Å². The largest absolute Gasteiger partial charge is 0.497 e. The van der Waals surface area contributed by atoms with Crippen LogP contribution in [0.15, 0.2) is 42.7 Å². The first-order valence-corrected chi connectivity index (χ1v) is 11.1. The van der Waals surface area contributed by atoms with E-state index in [0.717, 1.165) is 55.6 Å². The Hall–Kier alpha value is -2.89. The Bertz CT molecular complexity index is 976. The van der Waals surface area contributed by atoms with Crippen LogP contribution < -0.4 is 4.74 Å². The van der Waals surface area contributed by atoms with Gasteiger partial charge in [-0.15, -0.1) is 0 Å². The van der Waals surface area contributed by atoms with Crippen LogP contribution in [0.5, 0.6) is 5.75 Å². The number of benzene rings is 1. The van der Waals surface area contributed by atoms with Gasteiger partial charge in [0.15, 0.2) is 0 Å². The maximum atomic E-state index is 13.5. The predicted octanol–water partition coefficient (Wildman–Crippen LogP) is 3.69. The molecule has 2 aromatic rings. The van der Waals surface area contributed by atoms with Gasteiger partial charge in [-0.25, -0.2) is 0 Å². The number of rotatable bonds is 4. The molecule has 1 aromatic carbocycles. The number of carbonyl (C=O) groups is 2. The van der Waals surface area contributed by atoms with Gasteiger partial charge in [0.05, 0.1) is 24.3 Å². The van der Waals surface area contributed by atoms with Crippen LogP contribution in [-0.2, 0) is 11.2 Å². The number of piperidine rings is 2. The van der Waals surface area contributed by atoms with E-state index < -0.39 is 0 Å². The number of hydrogen-bond donors (Lipinski definition) is 0. The second kappa shape index (κ2) is 8.69. The number of pyridine rings is 1. The zero-order chi connectivity index (χ0) is 22.0. The standard InChI is InChI=1S/C25H31N3O3/c1-18(29)28-12-5-9-23-25(28,2)10-6-11-27(23)24(30)21-14-20(16-26-17-21)13-19-7-4-8-22(15-19)31-3/h4,7-8,14-17,23H,5-6,9-13H2,1-3H3/t23-,25-/m0/s1. The minimum absolute atomic E-state index is 0.0151. The first-order chi connectivity index (χ1) is 14.9. The summed E-state index contributed by atoms with van der Waals surface area (Å²) in [5, 5.41) is 0. The van der Waals surface area contributed by atoms with Gasteiger partial charge in [0.25, 0.3) is 5.91 Å². The minimum Gasteiger partial charge on any atom is -0.497 e. The molecule has 1 aromatic heterocycles. The summed E-state index contributed by atoms with van der Waals surface area (Å²) in [4.78, 5) is 34.1. The third-order valence-corrected chi connectivity index (χ3v) is 6.88. The van der Waals surface area contributed by atoms with Gasteiger partial charge in [-0.1, -0.05) is 12.1 Å². The number of likely N-dealkylation sites (tertiary alicyclic amines) is 2. The van der Waals surface area contributed by atoms with Crippen LogP contribution in [0, 0.1) is 0 Å². The van der Waals surface area contributed by atoms with Gasteiger partial charge in [-0.2, -0.15) is 0 Å². The van der Waals surface area contributed by atoms with E-state index in [0.29, 0.717) is 12.0 Å². The van der Waals surface area contributed by atoms with Crippen molar-refractivity contribution in [3.63, 3.8) is 0 Å². The van der Waals surface area contributed by atoms with E-state index in [1.807, 2.05) is 46.3 Å². The van der Waals surface area contributed by atoms with E-state index in [1.165, 1.54) is 0 Å². The van der Waals surface area contributed by atoms with Gasteiger partial charge in [0.1, 0.15) is 5.75 Å². The fourth-order valence-corrected chi connectivity index (χ4v) is 5.39. The van der Waals surface area contributed by atoms with Gasteiger partial charge in [-0.3, -0.25) is 14.6 Å². The average Bonchev–Trinajstić information content (AvgIpc) is 2.77. The molecule has 3 heterocycles. The Morgan fingerprint density at radius 1 is 1.16 bits per heavy atom. The molecule has 0 saturated carbocycles. The molecular weight excluding hydrogens is 390 g/mol. The highest BCUT2D eigenvalue weighted by molar-refractivity contribution is 5.94. The van der Waals surface area contributed by atoms with E-state index in [1.54, 1.807) is 20.2 Å². The minimum atomic E-state index is -0.288. The third-order valence-electron chi connectivity index (χ3n) is 6.88. The molecule has 6 nitrogen and oxygen atoms in total. The second-order valence-corrected chi connectivity index (χ2v) is 8.90. The van der Waals surface area contributed by atoms with Crippen LogP contribution in [0.25, 0.3) is 0 Å². The first-order valence-electron chi connectivity index (χ1n) is 11.1. The van der Waals surface area contributed by atoms with Crippen molar-refractivity contribution in [2.75, 3.05) is 20.2 Å². The molecule has 0 spiro atoms. The van der Waals surface area contributed by atoms with E-state index in [4.69, 9.17) is 4.74 Å². The topological polar surface area (TPSA) is 62.7 Å².